The third kappa shape index (κ3) is 15.8. The number of benzene rings is 2. The minimum Gasteiger partial charge on any atom is -0.370 e. The van der Waals surface area contributed by atoms with Gasteiger partial charge in [0.05, 0.1) is 0 Å². The molecule has 0 unspecified atom stereocenters. The van der Waals surface area contributed by atoms with Crippen molar-refractivity contribution in [2.24, 2.45) is 21.5 Å². The zero-order chi connectivity index (χ0) is 50.9. The lowest BCUT2D eigenvalue weighted by Crippen LogP contribution is -2.60. The van der Waals surface area contributed by atoms with Crippen molar-refractivity contribution < 1.29 is 38.4 Å². The molecule has 0 spiro atoms. The van der Waals surface area contributed by atoms with Gasteiger partial charge in [-0.1, -0.05) is 61.0 Å². The summed E-state index contributed by atoms with van der Waals surface area (Å²) < 4.78 is 0. The van der Waals surface area contributed by atoms with Crippen LogP contribution in [-0.4, -0.2) is 125 Å². The summed E-state index contributed by atoms with van der Waals surface area (Å²) in [5.41, 5.74) is 13.9. The molecule has 7 amide bonds. The molecule has 0 saturated carbocycles. The molecular formula is C51H68N12O8. The van der Waals surface area contributed by atoms with Crippen molar-refractivity contribution in [1.29, 1.82) is 0 Å². The number of hydrogen-bond donors (Lipinski definition) is 9. The maximum Gasteiger partial charge on any atom is 0.245 e. The lowest BCUT2D eigenvalue weighted by molar-refractivity contribution is -0.138. The molecular weight excluding hydrogens is 909 g/mol. The van der Waals surface area contributed by atoms with E-state index in [1.807, 2.05) is 31.2 Å². The monoisotopic (exact) mass is 977 g/mol. The SMILES string of the molecule is CC(=O)N[C@H]1CCC(=O)CCCC[C@@H](C(=O)N2CCC[C@@H]2C)NC(=O)[C@H](Cc2c[nH]c3ccccc23)NC(=O)[C@H](CCCN=C(N)N)NC(=O)[C@@H](Cc2ccccc2)NC(=O)[C@H](CC2=CCC=N2)NC1=O. The molecule has 2 aromatic carbocycles. The highest BCUT2D eigenvalue weighted by Gasteiger charge is 2.36. The molecule has 20 nitrogen and oxygen atoms in total. The van der Waals surface area contributed by atoms with E-state index in [4.69, 9.17) is 11.5 Å². The van der Waals surface area contributed by atoms with E-state index in [0.29, 0.717) is 42.6 Å². The fourth-order valence-corrected chi connectivity index (χ4v) is 9.22. The molecule has 2 fully saturated rings. The number of Topliss-reactive ketones (excluding diaryl/α,β-unsaturated/α-hetero) is 1. The van der Waals surface area contributed by atoms with Gasteiger partial charge in [0.25, 0.3) is 0 Å². The predicted octanol–water partition coefficient (Wildman–Crippen LogP) is 1.62. The van der Waals surface area contributed by atoms with Crippen LogP contribution in [0.5, 0.6) is 0 Å². The molecule has 0 bridgehead atoms. The van der Waals surface area contributed by atoms with E-state index in [9.17, 15) is 38.4 Å². The summed E-state index contributed by atoms with van der Waals surface area (Å²) in [6.45, 7) is 3.82. The number of fused-ring (bicyclic) bond motifs is 1. The third-order valence-corrected chi connectivity index (χ3v) is 13.0. The number of para-hydroxylation sites is 1. The average Bonchev–Trinajstić information content (AvgIpc) is 4.13. The Hall–Kier alpha value is -7.38. The highest BCUT2D eigenvalue weighted by Crippen LogP contribution is 2.22. The van der Waals surface area contributed by atoms with Gasteiger partial charge >= 0.3 is 0 Å². The number of nitrogens with one attached hydrogen (secondary N) is 7. The van der Waals surface area contributed by atoms with Gasteiger partial charge in [0.1, 0.15) is 42.0 Å². The van der Waals surface area contributed by atoms with E-state index < -0.39 is 71.7 Å². The number of rotatable bonds is 12. The zero-order valence-corrected chi connectivity index (χ0v) is 40.5. The van der Waals surface area contributed by atoms with Gasteiger partial charge in [0.2, 0.25) is 41.4 Å². The number of ketones is 1. The van der Waals surface area contributed by atoms with Crippen molar-refractivity contribution in [3.63, 3.8) is 0 Å². The molecule has 0 aliphatic carbocycles. The van der Waals surface area contributed by atoms with Crippen molar-refractivity contribution >= 4 is 70.2 Å². The summed E-state index contributed by atoms with van der Waals surface area (Å²) in [7, 11) is 0. The Morgan fingerprint density at radius 3 is 2.10 bits per heavy atom. The Kier molecular flexibility index (Phi) is 19.4. The Balaban J connectivity index is 1.38. The van der Waals surface area contributed by atoms with E-state index in [1.165, 1.54) is 6.92 Å². The minimum absolute atomic E-state index is 0.00381. The summed E-state index contributed by atoms with van der Waals surface area (Å²) in [4.78, 5) is 126. The standard InChI is InChI=1S/C51H68N12O8/c1-31-13-12-26-63(31)50(71)41-20-8-6-17-36(65)22-23-40(57-32(2)64)46(67)62-44(29-35-16-10-24-54-35)49(70)60-42(27-33-14-4-3-5-15-33)47(68)58-39(21-11-25-55-51(52)53)45(66)61-43(48(69)59-41)28-34-30-56-38-19-9-7-18-37(34)38/h3-5,7,9,14-16,18-19,24,30-31,39-44,56H,6,8,10-13,17,20-23,25-29H2,1-2H3,(H,57,64)(H,58,68)(H,59,69)(H,60,70)(H,61,66)(H,62,67)(H4,52,53,55)/t31-,39-,40-,41-,42+,43-,44-/m0/s1. The lowest BCUT2D eigenvalue weighted by Gasteiger charge is -2.30. The van der Waals surface area contributed by atoms with Gasteiger partial charge in [0.15, 0.2) is 5.96 Å². The number of aromatic amines is 1. The maximum absolute atomic E-state index is 14.7. The molecule has 6 rings (SSSR count). The smallest absolute Gasteiger partial charge is 0.245 e. The molecule has 0 radical (unpaired) electrons. The number of nitrogens with two attached hydrogens (primary N) is 2. The molecule has 3 aliphatic rings. The Bertz CT molecular complexity index is 2480. The van der Waals surface area contributed by atoms with Crippen LogP contribution in [0.15, 0.2) is 82.6 Å². The number of nitrogens with zero attached hydrogens (tertiary/aromatic N) is 3. The summed E-state index contributed by atoms with van der Waals surface area (Å²) in [6, 6.07) is 9.02. The first-order chi connectivity index (χ1) is 34.1. The molecule has 3 aliphatic heterocycles. The van der Waals surface area contributed by atoms with Crippen LogP contribution in [0.3, 0.4) is 0 Å². The number of likely N-dealkylation sites (tertiary alicyclic amines) is 1. The van der Waals surface area contributed by atoms with Crippen LogP contribution in [0, 0.1) is 0 Å². The number of allylic oxidation sites excluding steroid dienone is 1. The van der Waals surface area contributed by atoms with Gasteiger partial charge in [-0.05, 0) is 69.1 Å². The predicted molar refractivity (Wildman–Crippen MR) is 268 cm³/mol. The zero-order valence-electron chi connectivity index (χ0n) is 40.5. The van der Waals surface area contributed by atoms with Crippen LogP contribution in [-0.2, 0) is 51.2 Å². The van der Waals surface area contributed by atoms with Crippen molar-refractivity contribution in [3.8, 4) is 0 Å². The van der Waals surface area contributed by atoms with Crippen LogP contribution in [0.2, 0.25) is 0 Å². The lowest BCUT2D eigenvalue weighted by atomic mass is 10.00. The van der Waals surface area contributed by atoms with Crippen LogP contribution in [0.25, 0.3) is 10.9 Å². The van der Waals surface area contributed by atoms with Gasteiger partial charge in [-0.15, -0.1) is 0 Å². The van der Waals surface area contributed by atoms with Crippen molar-refractivity contribution in [1.82, 2.24) is 41.8 Å². The average molecular weight is 977 g/mol. The number of carbonyl (C=O) groups is 8. The molecule has 7 atom stereocenters. The van der Waals surface area contributed by atoms with E-state index in [1.54, 1.807) is 53.7 Å². The third-order valence-electron chi connectivity index (χ3n) is 13.0. The summed E-state index contributed by atoms with van der Waals surface area (Å²) >= 11 is 0. The second-order valence-electron chi connectivity index (χ2n) is 18.6. The molecule has 2 saturated heterocycles. The quantitative estimate of drug-likeness (QED) is 0.0718. The fraction of sp³-hybridized carbons (Fsp3) is 0.490. The molecule has 4 heterocycles. The van der Waals surface area contributed by atoms with Crippen LogP contribution in [0.1, 0.15) is 102 Å². The first-order valence-corrected chi connectivity index (χ1v) is 24.6. The van der Waals surface area contributed by atoms with E-state index >= 15 is 0 Å². The number of H-pyrrole nitrogens is 1. The number of aromatic nitrogens is 1. The van der Waals surface area contributed by atoms with E-state index in [0.717, 1.165) is 23.7 Å². The first-order valence-electron chi connectivity index (χ1n) is 24.6. The molecule has 11 N–H and O–H groups in total. The van der Waals surface area contributed by atoms with E-state index in [2.05, 4.69) is 46.9 Å². The highest BCUT2D eigenvalue weighted by molar-refractivity contribution is 5.98. The first kappa shape index (κ1) is 53.0. The Morgan fingerprint density at radius 1 is 0.746 bits per heavy atom. The second kappa shape index (κ2) is 26.0. The number of guanidine groups is 1. The van der Waals surface area contributed by atoms with Crippen LogP contribution >= 0.6 is 0 Å². The molecule has 71 heavy (non-hydrogen) atoms. The molecule has 3 aromatic rings. The highest BCUT2D eigenvalue weighted by atomic mass is 16.2. The maximum atomic E-state index is 14.7. The topological polar surface area (TPSA) is 305 Å². The van der Waals surface area contributed by atoms with Crippen molar-refractivity contribution in [2.45, 2.75) is 146 Å². The summed E-state index contributed by atoms with van der Waals surface area (Å²) in [6.07, 6.45) is 8.37. The second-order valence-corrected chi connectivity index (χ2v) is 18.6. The number of amides is 7. The minimum atomic E-state index is -1.31. The Labute approximate surface area is 413 Å². The van der Waals surface area contributed by atoms with Crippen molar-refractivity contribution in [2.75, 3.05) is 13.1 Å². The van der Waals surface area contributed by atoms with E-state index in [-0.39, 0.29) is 88.0 Å². The summed E-state index contributed by atoms with van der Waals surface area (Å²) in [5, 5.41) is 17.7. The number of carbonyl (C=O) groups excluding carboxylic acids is 8. The van der Waals surface area contributed by atoms with Crippen molar-refractivity contribution in [3.05, 3.63) is 83.7 Å². The van der Waals surface area contributed by atoms with Gasteiger partial charge in [0, 0.05) is 93.6 Å². The normalized spacial score (nSPS) is 24.5. The number of aliphatic imine (C=N–C) groups is 2. The fourth-order valence-electron chi connectivity index (χ4n) is 9.22. The van der Waals surface area contributed by atoms with Gasteiger partial charge in [-0.25, -0.2) is 0 Å². The van der Waals surface area contributed by atoms with Gasteiger partial charge < -0.3 is 53.3 Å². The molecule has 1 aromatic heterocycles. The van der Waals surface area contributed by atoms with Crippen LogP contribution in [0.4, 0.5) is 0 Å². The number of hydrogen-bond acceptors (Lipinski definition) is 10. The Morgan fingerprint density at radius 2 is 1.41 bits per heavy atom. The van der Waals surface area contributed by atoms with Gasteiger partial charge in [-0.2, -0.15) is 0 Å². The largest absolute Gasteiger partial charge is 0.370 e. The van der Waals surface area contributed by atoms with Gasteiger partial charge in [-0.3, -0.25) is 48.3 Å². The summed E-state index contributed by atoms with van der Waals surface area (Å²) in [5.74, 6) is -4.70. The molecule has 380 valence electrons. The van der Waals surface area contributed by atoms with Crippen LogP contribution < -0.4 is 43.4 Å². The molecule has 20 heteroatoms.